The first-order chi connectivity index (χ1) is 14.6. The molecule has 0 spiro atoms. The van der Waals surface area contributed by atoms with Crippen molar-refractivity contribution in [3.8, 4) is 11.5 Å². The Morgan fingerprint density at radius 2 is 2.07 bits per heavy atom. The van der Waals surface area contributed by atoms with Crippen LogP contribution >= 0.6 is 0 Å². The quantitative estimate of drug-likeness (QED) is 0.290. The van der Waals surface area contributed by atoms with Crippen molar-refractivity contribution in [3.05, 3.63) is 47.9 Å². The van der Waals surface area contributed by atoms with Gasteiger partial charge in [0.25, 0.3) is 0 Å². The molecule has 0 amide bonds. The van der Waals surface area contributed by atoms with Crippen molar-refractivity contribution in [2.24, 2.45) is 4.99 Å². The lowest BCUT2D eigenvalue weighted by Gasteiger charge is -2.13. The molecule has 0 radical (unpaired) electrons. The largest absolute Gasteiger partial charge is 0.493 e. The Labute approximate surface area is 175 Å². The number of nitrogens with one attached hydrogen (secondary N) is 2. The Bertz CT molecular complexity index is 755. The van der Waals surface area contributed by atoms with E-state index in [-0.39, 0.29) is 11.5 Å². The fraction of sp³-hybridized carbons (Fsp3) is 0.476. The number of nitrogens with zero attached hydrogens (tertiary/aromatic N) is 1. The molecule has 0 atom stereocenters. The smallest absolute Gasteiger partial charge is 0.387 e. The summed E-state index contributed by atoms with van der Waals surface area (Å²) in [7, 11) is 1.41. The Kier molecular flexibility index (Phi) is 10.5. The highest BCUT2D eigenvalue weighted by Crippen LogP contribution is 2.29. The first-order valence-corrected chi connectivity index (χ1v) is 9.86. The number of aliphatic imine (C=N–C) groups is 1. The van der Waals surface area contributed by atoms with E-state index >= 15 is 0 Å². The SMILES string of the molecule is CCNC(=NCCCOCc1ccco1)NCCc1ccc(OC)c(OC(F)F)c1. The van der Waals surface area contributed by atoms with E-state index in [0.29, 0.717) is 38.7 Å². The van der Waals surface area contributed by atoms with Gasteiger partial charge < -0.3 is 29.3 Å². The number of furan rings is 1. The van der Waals surface area contributed by atoms with Gasteiger partial charge in [0, 0.05) is 26.2 Å². The van der Waals surface area contributed by atoms with E-state index in [0.717, 1.165) is 24.3 Å². The van der Waals surface area contributed by atoms with Gasteiger partial charge in [-0.25, -0.2) is 0 Å². The molecule has 2 N–H and O–H groups in total. The van der Waals surface area contributed by atoms with Gasteiger partial charge in [0.1, 0.15) is 12.4 Å². The molecule has 7 nitrogen and oxygen atoms in total. The Hall–Kier alpha value is -2.81. The molecule has 1 heterocycles. The summed E-state index contributed by atoms with van der Waals surface area (Å²) in [5, 5.41) is 6.41. The maximum absolute atomic E-state index is 12.6. The van der Waals surface area contributed by atoms with Gasteiger partial charge in [0.05, 0.1) is 13.4 Å². The lowest BCUT2D eigenvalue weighted by atomic mass is 10.1. The van der Waals surface area contributed by atoms with Gasteiger partial charge in [0.15, 0.2) is 17.5 Å². The molecular weight excluding hydrogens is 396 g/mol. The third kappa shape index (κ3) is 8.69. The summed E-state index contributed by atoms with van der Waals surface area (Å²) in [4.78, 5) is 4.51. The van der Waals surface area contributed by atoms with E-state index < -0.39 is 6.61 Å². The summed E-state index contributed by atoms with van der Waals surface area (Å²) >= 11 is 0. The molecular formula is C21H29F2N3O4. The van der Waals surface area contributed by atoms with E-state index in [1.807, 2.05) is 25.1 Å². The lowest BCUT2D eigenvalue weighted by molar-refractivity contribution is -0.0512. The molecule has 0 aliphatic rings. The van der Waals surface area contributed by atoms with E-state index in [2.05, 4.69) is 20.4 Å². The molecule has 0 saturated heterocycles. The van der Waals surface area contributed by atoms with Crippen molar-refractivity contribution >= 4 is 5.96 Å². The van der Waals surface area contributed by atoms with Gasteiger partial charge in [-0.05, 0) is 49.6 Å². The van der Waals surface area contributed by atoms with Gasteiger partial charge in [0.2, 0.25) is 0 Å². The predicted octanol–water partition coefficient (Wildman–Crippen LogP) is 3.59. The molecule has 0 fully saturated rings. The van der Waals surface area contributed by atoms with Crippen molar-refractivity contribution in [1.82, 2.24) is 10.6 Å². The first kappa shape index (κ1) is 23.5. The van der Waals surface area contributed by atoms with Gasteiger partial charge >= 0.3 is 6.61 Å². The van der Waals surface area contributed by atoms with Crippen LogP contribution in [0.1, 0.15) is 24.7 Å². The molecule has 9 heteroatoms. The van der Waals surface area contributed by atoms with E-state index in [9.17, 15) is 8.78 Å². The fourth-order valence-electron chi connectivity index (χ4n) is 2.66. The highest BCUT2D eigenvalue weighted by molar-refractivity contribution is 5.79. The standard InChI is InChI=1S/C21H29F2N3O4/c1-3-24-21(25-10-5-12-28-15-17-6-4-13-29-17)26-11-9-16-7-8-18(27-2)19(14-16)30-20(22)23/h4,6-8,13-14,20H,3,5,9-12,15H2,1-2H3,(H2,24,25,26). The Balaban J connectivity index is 1.74. The van der Waals surface area contributed by atoms with E-state index in [1.165, 1.54) is 7.11 Å². The van der Waals surface area contributed by atoms with Crippen LogP contribution in [0.15, 0.2) is 46.0 Å². The van der Waals surface area contributed by atoms with Crippen LogP contribution in [-0.4, -0.2) is 45.9 Å². The predicted molar refractivity (Wildman–Crippen MR) is 110 cm³/mol. The molecule has 30 heavy (non-hydrogen) atoms. The zero-order valence-corrected chi connectivity index (χ0v) is 17.3. The maximum Gasteiger partial charge on any atom is 0.387 e. The van der Waals surface area contributed by atoms with Gasteiger partial charge in [-0.3, -0.25) is 4.99 Å². The minimum Gasteiger partial charge on any atom is -0.493 e. The van der Waals surface area contributed by atoms with Gasteiger partial charge in [-0.15, -0.1) is 0 Å². The molecule has 2 aromatic rings. The van der Waals surface area contributed by atoms with Crippen molar-refractivity contribution in [3.63, 3.8) is 0 Å². The zero-order chi connectivity index (χ0) is 21.6. The topological polar surface area (TPSA) is 77.3 Å². The van der Waals surface area contributed by atoms with Crippen LogP contribution in [0.5, 0.6) is 11.5 Å². The third-order valence-corrected chi connectivity index (χ3v) is 4.04. The summed E-state index contributed by atoms with van der Waals surface area (Å²) in [6, 6.07) is 8.70. The van der Waals surface area contributed by atoms with Crippen molar-refractivity contribution in [1.29, 1.82) is 0 Å². The van der Waals surface area contributed by atoms with Crippen LogP contribution in [0.4, 0.5) is 8.78 Å². The number of methoxy groups -OCH3 is 1. The Morgan fingerprint density at radius 3 is 2.77 bits per heavy atom. The van der Waals surface area contributed by atoms with Gasteiger partial charge in [-0.2, -0.15) is 8.78 Å². The van der Waals surface area contributed by atoms with Crippen LogP contribution in [-0.2, 0) is 17.8 Å². The van der Waals surface area contributed by atoms with Gasteiger partial charge in [-0.1, -0.05) is 6.07 Å². The second-order valence-corrected chi connectivity index (χ2v) is 6.29. The van der Waals surface area contributed by atoms with Crippen LogP contribution in [0, 0.1) is 0 Å². The molecule has 0 unspecified atom stereocenters. The second kappa shape index (κ2) is 13.4. The molecule has 0 saturated carbocycles. The highest BCUT2D eigenvalue weighted by atomic mass is 19.3. The molecule has 1 aromatic heterocycles. The Morgan fingerprint density at radius 1 is 1.20 bits per heavy atom. The molecule has 166 valence electrons. The lowest BCUT2D eigenvalue weighted by Crippen LogP contribution is -2.38. The number of alkyl halides is 2. The third-order valence-electron chi connectivity index (χ3n) is 4.04. The number of guanidine groups is 1. The average molecular weight is 425 g/mol. The van der Waals surface area contributed by atoms with Crippen molar-refractivity contribution in [2.75, 3.05) is 33.4 Å². The van der Waals surface area contributed by atoms with Crippen LogP contribution in [0.2, 0.25) is 0 Å². The number of rotatable bonds is 13. The summed E-state index contributed by atoms with van der Waals surface area (Å²) in [6.45, 7) is 2.06. The number of halogens is 2. The minimum atomic E-state index is -2.90. The number of ether oxygens (including phenoxy) is 3. The number of benzene rings is 1. The number of hydrogen-bond donors (Lipinski definition) is 2. The van der Waals surface area contributed by atoms with Crippen LogP contribution < -0.4 is 20.1 Å². The monoisotopic (exact) mass is 425 g/mol. The summed E-state index contributed by atoms with van der Waals surface area (Å²) in [5.74, 6) is 1.80. The highest BCUT2D eigenvalue weighted by Gasteiger charge is 2.11. The fourth-order valence-corrected chi connectivity index (χ4v) is 2.66. The summed E-state index contributed by atoms with van der Waals surface area (Å²) in [5.41, 5.74) is 0.848. The number of hydrogen-bond acceptors (Lipinski definition) is 5. The van der Waals surface area contributed by atoms with Crippen molar-refractivity contribution in [2.45, 2.75) is 33.0 Å². The molecule has 0 aliphatic heterocycles. The minimum absolute atomic E-state index is 0.0279. The maximum atomic E-state index is 12.6. The molecule has 0 aliphatic carbocycles. The molecule has 1 aromatic carbocycles. The zero-order valence-electron chi connectivity index (χ0n) is 17.3. The van der Waals surface area contributed by atoms with E-state index in [1.54, 1.807) is 18.4 Å². The van der Waals surface area contributed by atoms with Crippen LogP contribution in [0.3, 0.4) is 0 Å². The second-order valence-electron chi connectivity index (χ2n) is 6.29. The summed E-state index contributed by atoms with van der Waals surface area (Å²) < 4.78 is 45.4. The normalized spacial score (nSPS) is 11.6. The first-order valence-electron chi connectivity index (χ1n) is 9.86. The molecule has 0 bridgehead atoms. The summed E-state index contributed by atoms with van der Waals surface area (Å²) in [6.07, 6.45) is 3.01. The van der Waals surface area contributed by atoms with Crippen LogP contribution in [0.25, 0.3) is 0 Å². The van der Waals surface area contributed by atoms with Crippen molar-refractivity contribution < 1.29 is 27.4 Å². The van der Waals surface area contributed by atoms with E-state index in [4.69, 9.17) is 13.9 Å². The molecule has 2 rings (SSSR count). The average Bonchev–Trinajstić information content (AvgIpc) is 3.24.